The molecule has 3 N–H and O–H groups in total. The van der Waals surface area contributed by atoms with E-state index in [2.05, 4.69) is 40.0 Å². The van der Waals surface area contributed by atoms with Gasteiger partial charge in [-0.3, -0.25) is 9.48 Å². The third-order valence-electron chi connectivity index (χ3n) is 6.68. The number of hydrogen-bond acceptors (Lipinski definition) is 5. The van der Waals surface area contributed by atoms with Gasteiger partial charge in [-0.1, -0.05) is 48.5 Å². The fraction of sp³-hybridized carbons (Fsp3) is 0.320. The molecule has 5 rings (SSSR count). The summed E-state index contributed by atoms with van der Waals surface area (Å²) in [6, 6.07) is 17.9. The van der Waals surface area contributed by atoms with Crippen LogP contribution in [0.25, 0.3) is 11.1 Å². The van der Waals surface area contributed by atoms with E-state index in [1.54, 1.807) is 24.0 Å². The summed E-state index contributed by atoms with van der Waals surface area (Å²) in [5.74, 6) is -0.317. The van der Waals surface area contributed by atoms with Gasteiger partial charge in [0.05, 0.1) is 5.54 Å². The number of aliphatic hydroxyl groups excluding tert-OH is 1. The quantitative estimate of drug-likeness (QED) is 0.539. The summed E-state index contributed by atoms with van der Waals surface area (Å²) in [5, 5.41) is 20.2. The number of aromatic nitrogens is 2. The predicted octanol–water partition coefficient (Wildman–Crippen LogP) is 3.18. The molecule has 2 aliphatic carbocycles. The van der Waals surface area contributed by atoms with E-state index in [0.717, 1.165) is 28.7 Å². The Balaban J connectivity index is 1.24. The SMILES string of the molecule is Cn1ccc(NC(=O)C(O)C2(NC(=O)OCC3c4ccccc4-c4ccccc43)CCC2)n1. The molecule has 1 heterocycles. The minimum absolute atomic E-state index is 0.0575. The predicted molar refractivity (Wildman–Crippen MR) is 123 cm³/mol. The third kappa shape index (κ3) is 3.87. The van der Waals surface area contributed by atoms with Crippen LogP contribution >= 0.6 is 0 Å². The number of nitrogens with zero attached hydrogens (tertiary/aromatic N) is 2. The number of rotatable bonds is 6. The number of nitrogens with one attached hydrogen (secondary N) is 2. The van der Waals surface area contributed by atoms with Crippen molar-refractivity contribution < 1.29 is 19.4 Å². The molecule has 1 aromatic heterocycles. The van der Waals surface area contributed by atoms with Gasteiger partial charge in [0.1, 0.15) is 6.61 Å². The Labute approximate surface area is 191 Å². The first-order chi connectivity index (χ1) is 16.0. The van der Waals surface area contributed by atoms with Crippen molar-refractivity contribution in [1.29, 1.82) is 0 Å². The van der Waals surface area contributed by atoms with Crippen LogP contribution in [-0.4, -0.2) is 45.1 Å². The maximum atomic E-state index is 12.7. The molecule has 0 spiro atoms. The molecule has 2 amide bonds. The lowest BCUT2D eigenvalue weighted by Crippen LogP contribution is -2.64. The normalized spacial score (nSPS) is 16.8. The van der Waals surface area contributed by atoms with Crippen LogP contribution < -0.4 is 10.6 Å². The first-order valence-electron chi connectivity index (χ1n) is 11.1. The lowest BCUT2D eigenvalue weighted by molar-refractivity contribution is -0.130. The fourth-order valence-electron chi connectivity index (χ4n) is 4.79. The Hall–Kier alpha value is -3.65. The van der Waals surface area contributed by atoms with E-state index >= 15 is 0 Å². The Morgan fingerprint density at radius 1 is 1.12 bits per heavy atom. The van der Waals surface area contributed by atoms with Crippen molar-refractivity contribution in [2.45, 2.75) is 36.8 Å². The lowest BCUT2D eigenvalue weighted by atomic mass is 9.72. The maximum absolute atomic E-state index is 12.7. The van der Waals surface area contributed by atoms with Crippen molar-refractivity contribution in [3.8, 4) is 11.1 Å². The van der Waals surface area contributed by atoms with Crippen LogP contribution in [0.15, 0.2) is 60.8 Å². The average Bonchev–Trinajstić information content (AvgIpc) is 3.35. The summed E-state index contributed by atoms with van der Waals surface area (Å²) in [4.78, 5) is 25.3. The Morgan fingerprint density at radius 3 is 2.30 bits per heavy atom. The number of carbonyl (C=O) groups is 2. The summed E-state index contributed by atoms with van der Waals surface area (Å²) in [6.45, 7) is 0.173. The molecule has 1 saturated carbocycles. The first kappa shape index (κ1) is 21.2. The number of amides is 2. The van der Waals surface area contributed by atoms with Crippen LogP contribution in [0.2, 0.25) is 0 Å². The van der Waals surface area contributed by atoms with Crippen molar-refractivity contribution in [2.24, 2.45) is 7.05 Å². The van der Waals surface area contributed by atoms with E-state index in [9.17, 15) is 14.7 Å². The van der Waals surface area contributed by atoms with Gasteiger partial charge in [0.25, 0.3) is 5.91 Å². The zero-order valence-corrected chi connectivity index (χ0v) is 18.3. The summed E-state index contributed by atoms with van der Waals surface area (Å²) in [5.41, 5.74) is 3.51. The highest BCUT2D eigenvalue weighted by atomic mass is 16.5. The number of anilines is 1. The lowest BCUT2D eigenvalue weighted by Gasteiger charge is -2.44. The van der Waals surface area contributed by atoms with Gasteiger partial charge in [0.15, 0.2) is 11.9 Å². The highest BCUT2D eigenvalue weighted by Gasteiger charge is 2.48. The van der Waals surface area contributed by atoms with Gasteiger partial charge >= 0.3 is 6.09 Å². The van der Waals surface area contributed by atoms with Crippen molar-refractivity contribution in [3.63, 3.8) is 0 Å². The van der Waals surface area contributed by atoms with Crippen molar-refractivity contribution >= 4 is 17.8 Å². The van der Waals surface area contributed by atoms with E-state index in [4.69, 9.17) is 4.74 Å². The molecule has 0 radical (unpaired) electrons. The van der Waals surface area contributed by atoms with Crippen LogP contribution in [-0.2, 0) is 16.6 Å². The molecule has 0 aliphatic heterocycles. The number of ether oxygens (including phenoxy) is 1. The van der Waals surface area contributed by atoms with E-state index in [0.29, 0.717) is 18.7 Å². The minimum atomic E-state index is -1.41. The molecule has 0 saturated heterocycles. The summed E-state index contributed by atoms with van der Waals surface area (Å²) < 4.78 is 7.17. The van der Waals surface area contributed by atoms with Gasteiger partial charge in [0, 0.05) is 25.2 Å². The second-order valence-electron chi connectivity index (χ2n) is 8.73. The molecule has 8 heteroatoms. The zero-order valence-electron chi connectivity index (χ0n) is 18.3. The number of carbonyl (C=O) groups excluding carboxylic acids is 2. The Kier molecular flexibility index (Phi) is 5.38. The number of alkyl carbamates (subject to hydrolysis) is 1. The van der Waals surface area contributed by atoms with E-state index in [1.165, 1.54) is 0 Å². The smallest absolute Gasteiger partial charge is 0.407 e. The van der Waals surface area contributed by atoms with Crippen LogP contribution in [0.1, 0.15) is 36.3 Å². The second-order valence-corrected chi connectivity index (χ2v) is 8.73. The Bertz CT molecular complexity index is 1150. The maximum Gasteiger partial charge on any atom is 0.407 e. The number of fused-ring (bicyclic) bond motifs is 3. The van der Waals surface area contributed by atoms with Crippen LogP contribution in [0.4, 0.5) is 10.6 Å². The van der Waals surface area contributed by atoms with Gasteiger partial charge in [-0.05, 0) is 41.5 Å². The summed E-state index contributed by atoms with van der Waals surface area (Å²) >= 11 is 0. The molecule has 2 aliphatic rings. The molecule has 8 nitrogen and oxygen atoms in total. The van der Waals surface area contributed by atoms with Crippen molar-refractivity contribution in [2.75, 3.05) is 11.9 Å². The summed E-state index contributed by atoms with van der Waals surface area (Å²) in [7, 11) is 1.73. The average molecular weight is 447 g/mol. The second kappa shape index (κ2) is 8.37. The molecule has 33 heavy (non-hydrogen) atoms. The molecule has 1 atom stereocenters. The molecule has 170 valence electrons. The summed E-state index contributed by atoms with van der Waals surface area (Å²) in [6.07, 6.45) is 1.44. The zero-order chi connectivity index (χ0) is 23.0. The number of benzene rings is 2. The van der Waals surface area contributed by atoms with Gasteiger partial charge < -0.3 is 20.5 Å². The van der Waals surface area contributed by atoms with Crippen LogP contribution in [0, 0.1) is 0 Å². The van der Waals surface area contributed by atoms with E-state index in [-0.39, 0.29) is 12.5 Å². The highest BCUT2D eigenvalue weighted by molar-refractivity contribution is 5.94. The van der Waals surface area contributed by atoms with Crippen molar-refractivity contribution in [3.05, 3.63) is 71.9 Å². The third-order valence-corrected chi connectivity index (χ3v) is 6.68. The molecular formula is C25H26N4O4. The molecule has 1 fully saturated rings. The minimum Gasteiger partial charge on any atom is -0.449 e. The van der Waals surface area contributed by atoms with E-state index in [1.807, 2.05) is 24.3 Å². The van der Waals surface area contributed by atoms with Crippen LogP contribution in [0.3, 0.4) is 0 Å². The standard InChI is InChI=1S/C25H26N4O4/c1-29-14-11-21(28-29)26-23(31)22(30)25(12-6-13-25)27-24(32)33-15-20-18-9-4-2-7-16(18)17-8-3-5-10-19(17)20/h2-5,7-11,14,20,22,30H,6,12-13,15H2,1H3,(H,27,32)(H,26,28,31). The van der Waals surface area contributed by atoms with E-state index < -0.39 is 23.6 Å². The van der Waals surface area contributed by atoms with Gasteiger partial charge in [-0.15, -0.1) is 0 Å². The molecule has 3 aromatic rings. The highest BCUT2D eigenvalue weighted by Crippen LogP contribution is 2.44. The van der Waals surface area contributed by atoms with Gasteiger partial charge in [0.2, 0.25) is 0 Å². The van der Waals surface area contributed by atoms with Crippen LogP contribution in [0.5, 0.6) is 0 Å². The van der Waals surface area contributed by atoms with Crippen molar-refractivity contribution in [1.82, 2.24) is 15.1 Å². The topological polar surface area (TPSA) is 105 Å². The monoisotopic (exact) mass is 446 g/mol. The largest absolute Gasteiger partial charge is 0.449 e. The molecular weight excluding hydrogens is 420 g/mol. The number of aryl methyl sites for hydroxylation is 1. The molecule has 1 unspecified atom stereocenters. The van der Waals surface area contributed by atoms with Gasteiger partial charge in [-0.25, -0.2) is 4.79 Å². The molecule has 0 bridgehead atoms. The number of aliphatic hydroxyl groups is 1. The fourth-order valence-corrected chi connectivity index (χ4v) is 4.79. The number of hydrogen-bond donors (Lipinski definition) is 3. The molecule has 2 aromatic carbocycles. The van der Waals surface area contributed by atoms with Gasteiger partial charge in [-0.2, -0.15) is 5.10 Å². The Morgan fingerprint density at radius 2 is 1.76 bits per heavy atom. The first-order valence-corrected chi connectivity index (χ1v) is 11.1.